The molecule has 2 unspecified atom stereocenters. The Morgan fingerprint density at radius 2 is 1.15 bits per heavy atom. The number of fused-ring (bicyclic) bond motifs is 6. The van der Waals surface area contributed by atoms with Gasteiger partial charge in [-0.3, -0.25) is 14.4 Å². The first-order valence-corrected chi connectivity index (χ1v) is 20.6. The number of carboxylic acids is 1. The number of para-hydroxylation sites is 2. The molecule has 60 heavy (non-hydrogen) atoms. The van der Waals surface area contributed by atoms with E-state index in [4.69, 9.17) is 19.4 Å². The molecule has 2 atom stereocenters. The minimum atomic E-state index is -0.833. The number of hydrogen-bond acceptors (Lipinski definition) is 12. The Labute approximate surface area is 349 Å². The molecule has 10 rings (SSSR count). The summed E-state index contributed by atoms with van der Waals surface area (Å²) in [6, 6.07) is 28.2. The van der Waals surface area contributed by atoms with E-state index in [0.29, 0.717) is 19.1 Å². The minimum absolute atomic E-state index is 0.0939. The van der Waals surface area contributed by atoms with E-state index >= 15 is 0 Å². The van der Waals surface area contributed by atoms with Crippen LogP contribution in [-0.2, 0) is 27.2 Å². The number of benzene rings is 4. The standard InChI is InChI=1S/C22H24N4O2.C21H23N5O2.C2H4O2/c1-14-22(27)25-24-21-13-28-20-12-18(23-17-8-3-2-4-9-17)16(10-15-6-5-7-15)11-19(20)26(14)21;1-13-21(27)25-24-20-12-28-19-9-17(23-16-5-3-2-4-6-16)15(7-14-10-22-11-14)8-18(19)26(13)20;1-2(3)4/h2-4,8-9,11-12,14-15,23H,5-7,10,13H2,1H3,(H,25,27);2-6,8-9,13-14,22-23H,7,10-12H2,1H3,(H,25,27);1H3,(H,3,4). The maximum Gasteiger partial charge on any atom is 0.300 e. The van der Waals surface area contributed by atoms with Gasteiger partial charge in [0.15, 0.2) is 11.7 Å². The maximum absolute atomic E-state index is 12.2. The van der Waals surface area contributed by atoms with Crippen LogP contribution in [0, 0.1) is 11.8 Å². The number of carbonyl (C=O) groups is 3. The normalized spacial score (nSPS) is 19.9. The molecular formula is C45H51N9O6. The number of carbonyl (C=O) groups excluding carboxylic acids is 2. The van der Waals surface area contributed by atoms with Gasteiger partial charge in [-0.25, -0.2) is 10.9 Å². The number of nitrogens with one attached hydrogen (secondary N) is 5. The van der Waals surface area contributed by atoms with Crippen molar-refractivity contribution in [1.29, 1.82) is 0 Å². The van der Waals surface area contributed by atoms with Crippen LogP contribution in [0.5, 0.6) is 11.5 Å². The topological polar surface area (TPSA) is 181 Å². The SMILES string of the molecule is CC(=O)O.CC1C(=O)NN=C2COc3cc(Nc4ccccc4)c(CC4CCC4)cc3N21.CC1C(=O)NN=C2COc3cc(Nc4ccccc4)c(CC4CNC4)cc3N21. The number of hydrazone groups is 2. The van der Waals surface area contributed by atoms with Gasteiger partial charge in [0, 0.05) is 41.8 Å². The van der Waals surface area contributed by atoms with Gasteiger partial charge in [-0.2, -0.15) is 10.2 Å². The highest BCUT2D eigenvalue weighted by atomic mass is 16.5. The lowest BCUT2D eigenvalue weighted by molar-refractivity contribution is -0.134. The molecule has 4 aromatic carbocycles. The van der Waals surface area contributed by atoms with Crippen LogP contribution in [0.25, 0.3) is 0 Å². The molecule has 1 aliphatic carbocycles. The van der Waals surface area contributed by atoms with E-state index in [1.54, 1.807) is 0 Å². The highest BCUT2D eigenvalue weighted by Gasteiger charge is 2.37. The zero-order chi connectivity index (χ0) is 41.8. The molecule has 312 valence electrons. The molecule has 6 aliphatic rings. The maximum atomic E-state index is 12.2. The third kappa shape index (κ3) is 8.86. The van der Waals surface area contributed by atoms with Crippen LogP contribution in [0.4, 0.5) is 34.1 Å². The Bertz CT molecular complexity index is 2140. The second-order valence-corrected chi connectivity index (χ2v) is 15.9. The fraction of sp³-hybridized carbons (Fsp3) is 0.356. The fourth-order valence-corrected chi connectivity index (χ4v) is 7.97. The summed E-state index contributed by atoms with van der Waals surface area (Å²) in [6.45, 7) is 7.64. The number of hydrogen-bond donors (Lipinski definition) is 6. The number of aliphatic carboxylic acids is 1. The molecule has 15 heteroatoms. The van der Waals surface area contributed by atoms with Crippen molar-refractivity contribution in [2.24, 2.45) is 22.0 Å². The summed E-state index contributed by atoms with van der Waals surface area (Å²) in [5.74, 6) is 3.36. The average Bonchev–Trinajstić information content (AvgIpc) is 3.21. The fourth-order valence-electron chi connectivity index (χ4n) is 7.97. The monoisotopic (exact) mass is 813 g/mol. The largest absolute Gasteiger partial charge is 0.483 e. The first-order chi connectivity index (χ1) is 29.1. The first-order valence-electron chi connectivity index (χ1n) is 20.6. The van der Waals surface area contributed by atoms with Crippen molar-refractivity contribution in [2.75, 3.05) is 46.7 Å². The predicted octanol–water partition coefficient (Wildman–Crippen LogP) is 6.12. The Morgan fingerprint density at radius 1 is 0.717 bits per heavy atom. The summed E-state index contributed by atoms with van der Waals surface area (Å²) in [4.78, 5) is 37.3. The van der Waals surface area contributed by atoms with Crippen LogP contribution >= 0.6 is 0 Å². The molecule has 0 radical (unpaired) electrons. The number of anilines is 6. The molecule has 5 heterocycles. The summed E-state index contributed by atoms with van der Waals surface area (Å²) in [5.41, 5.74) is 13.7. The van der Waals surface area contributed by atoms with Crippen molar-refractivity contribution in [3.63, 3.8) is 0 Å². The third-order valence-electron chi connectivity index (χ3n) is 11.5. The van der Waals surface area contributed by atoms with Crippen LogP contribution in [0.15, 0.2) is 95.1 Å². The van der Waals surface area contributed by atoms with E-state index in [-0.39, 0.29) is 23.9 Å². The zero-order valence-electron chi connectivity index (χ0n) is 34.0. The van der Waals surface area contributed by atoms with Gasteiger partial charge in [-0.05, 0) is 99.1 Å². The van der Waals surface area contributed by atoms with Crippen LogP contribution in [0.2, 0.25) is 0 Å². The van der Waals surface area contributed by atoms with Gasteiger partial charge in [0.25, 0.3) is 17.8 Å². The second-order valence-electron chi connectivity index (χ2n) is 15.9. The lowest BCUT2D eigenvalue weighted by atomic mass is 9.80. The lowest BCUT2D eigenvalue weighted by Crippen LogP contribution is -2.55. The molecule has 1 saturated carbocycles. The smallest absolute Gasteiger partial charge is 0.300 e. The van der Waals surface area contributed by atoms with Gasteiger partial charge in [0.1, 0.15) is 36.8 Å². The number of nitrogens with zero attached hydrogens (tertiary/aromatic N) is 4. The molecule has 0 aromatic heterocycles. The van der Waals surface area contributed by atoms with Gasteiger partial charge in [-0.15, -0.1) is 0 Å². The Balaban J connectivity index is 0.000000153. The van der Waals surface area contributed by atoms with E-state index < -0.39 is 5.97 Å². The zero-order valence-corrected chi connectivity index (χ0v) is 34.0. The Morgan fingerprint density at radius 3 is 1.53 bits per heavy atom. The van der Waals surface area contributed by atoms with Crippen molar-refractivity contribution in [3.05, 3.63) is 96.1 Å². The molecular weight excluding hydrogens is 763 g/mol. The molecule has 4 aromatic rings. The Hall–Kier alpha value is -6.61. The summed E-state index contributed by atoms with van der Waals surface area (Å²) in [6.07, 6.45) is 5.89. The van der Waals surface area contributed by atoms with E-state index in [2.05, 4.69) is 85.5 Å². The molecule has 2 fully saturated rings. The van der Waals surface area contributed by atoms with Gasteiger partial charge in [0.2, 0.25) is 0 Å². The number of carboxylic acid groups (broad SMARTS) is 1. The van der Waals surface area contributed by atoms with Gasteiger partial charge in [0.05, 0.1) is 11.4 Å². The number of rotatable bonds is 8. The number of ether oxygens (including phenoxy) is 2. The average molecular weight is 814 g/mol. The number of amides is 2. The molecule has 0 bridgehead atoms. The van der Waals surface area contributed by atoms with Gasteiger partial charge < -0.3 is 40.3 Å². The molecule has 15 nitrogen and oxygen atoms in total. The van der Waals surface area contributed by atoms with Gasteiger partial charge in [-0.1, -0.05) is 55.7 Å². The van der Waals surface area contributed by atoms with E-state index in [0.717, 1.165) is 96.1 Å². The van der Waals surface area contributed by atoms with Crippen molar-refractivity contribution in [2.45, 2.75) is 65.0 Å². The van der Waals surface area contributed by atoms with Crippen molar-refractivity contribution >= 4 is 63.6 Å². The molecule has 1 saturated heterocycles. The Kier molecular flexibility index (Phi) is 11.9. The summed E-state index contributed by atoms with van der Waals surface area (Å²) >= 11 is 0. The summed E-state index contributed by atoms with van der Waals surface area (Å²) < 4.78 is 12.0. The van der Waals surface area contributed by atoms with Crippen LogP contribution < -0.4 is 46.1 Å². The van der Waals surface area contributed by atoms with Crippen molar-refractivity contribution < 1.29 is 29.0 Å². The van der Waals surface area contributed by atoms with Crippen molar-refractivity contribution in [3.8, 4) is 11.5 Å². The summed E-state index contributed by atoms with van der Waals surface area (Å²) in [5, 5.41) is 26.2. The van der Waals surface area contributed by atoms with E-state index in [1.165, 1.54) is 30.4 Å². The van der Waals surface area contributed by atoms with Crippen LogP contribution in [-0.4, -0.2) is 72.9 Å². The quantitative estimate of drug-likeness (QED) is 0.121. The second kappa shape index (κ2) is 17.7. The molecule has 2 amide bonds. The van der Waals surface area contributed by atoms with E-state index in [9.17, 15) is 9.59 Å². The van der Waals surface area contributed by atoms with E-state index in [1.807, 2.05) is 60.0 Å². The molecule has 5 aliphatic heterocycles. The van der Waals surface area contributed by atoms with Crippen molar-refractivity contribution in [1.82, 2.24) is 16.2 Å². The highest BCUT2D eigenvalue weighted by Crippen LogP contribution is 2.43. The lowest BCUT2D eigenvalue weighted by Gasteiger charge is -2.39. The predicted molar refractivity (Wildman–Crippen MR) is 233 cm³/mol. The number of amidine groups is 2. The third-order valence-corrected chi connectivity index (χ3v) is 11.5. The minimum Gasteiger partial charge on any atom is -0.483 e. The highest BCUT2D eigenvalue weighted by molar-refractivity contribution is 6.10. The van der Waals surface area contributed by atoms with Gasteiger partial charge >= 0.3 is 0 Å². The molecule has 6 N–H and O–H groups in total. The summed E-state index contributed by atoms with van der Waals surface area (Å²) in [7, 11) is 0. The first kappa shape index (κ1) is 40.2. The van der Waals surface area contributed by atoms with Crippen LogP contribution in [0.1, 0.15) is 51.2 Å². The van der Waals surface area contributed by atoms with Crippen LogP contribution in [0.3, 0.4) is 0 Å². The molecule has 0 spiro atoms.